The molecule has 0 bridgehead atoms. The molecule has 0 radical (unpaired) electrons. The number of rotatable bonds is 2. The summed E-state index contributed by atoms with van der Waals surface area (Å²) in [4.78, 5) is 2.44. The number of benzene rings is 2. The molecule has 3 aromatic rings. The quantitative estimate of drug-likeness (QED) is 0.728. The Morgan fingerprint density at radius 1 is 0.870 bits per heavy atom. The molecular formula is C19H20N4. The monoisotopic (exact) mass is 304 g/mol. The highest BCUT2D eigenvalue weighted by atomic mass is 15.3. The van der Waals surface area contributed by atoms with Crippen LogP contribution in [0.1, 0.15) is 22.8 Å². The highest BCUT2D eigenvalue weighted by Crippen LogP contribution is 2.32. The van der Waals surface area contributed by atoms with Crippen molar-refractivity contribution in [3.05, 3.63) is 71.3 Å². The van der Waals surface area contributed by atoms with Gasteiger partial charge in [0.25, 0.3) is 0 Å². The van der Waals surface area contributed by atoms with Crippen LogP contribution in [0.5, 0.6) is 0 Å². The maximum atomic E-state index is 4.32. The lowest BCUT2D eigenvalue weighted by molar-refractivity contribution is 0.241. The third-order valence-electron chi connectivity index (χ3n) is 4.66. The van der Waals surface area contributed by atoms with E-state index in [1.165, 1.54) is 22.3 Å². The van der Waals surface area contributed by atoms with Crippen LogP contribution in [0.3, 0.4) is 0 Å². The molecule has 0 spiro atoms. The van der Waals surface area contributed by atoms with Gasteiger partial charge in [-0.1, -0.05) is 48.5 Å². The summed E-state index contributed by atoms with van der Waals surface area (Å²) < 4.78 is 2.07. The Labute approximate surface area is 136 Å². The smallest absolute Gasteiger partial charge is 0.146 e. The molecule has 0 aliphatic carbocycles. The average molecular weight is 304 g/mol. The summed E-state index contributed by atoms with van der Waals surface area (Å²) in [5.74, 6) is 1.97. The fourth-order valence-electron chi connectivity index (χ4n) is 3.28. The Bertz CT molecular complexity index is 803. The van der Waals surface area contributed by atoms with Gasteiger partial charge in [-0.2, -0.15) is 0 Å². The molecule has 4 heteroatoms. The van der Waals surface area contributed by atoms with E-state index in [9.17, 15) is 0 Å². The first-order valence-electron chi connectivity index (χ1n) is 7.96. The molecule has 0 saturated carbocycles. The summed E-state index contributed by atoms with van der Waals surface area (Å²) in [6.07, 6.45) is 0. The fourth-order valence-corrected chi connectivity index (χ4v) is 3.28. The zero-order valence-corrected chi connectivity index (χ0v) is 13.5. The van der Waals surface area contributed by atoms with Gasteiger partial charge in [0.05, 0.1) is 6.54 Å². The molecule has 4 rings (SSSR count). The maximum Gasteiger partial charge on any atom is 0.146 e. The topological polar surface area (TPSA) is 34.0 Å². The van der Waals surface area contributed by atoms with Gasteiger partial charge in [0.1, 0.15) is 11.6 Å². The lowest BCUT2D eigenvalue weighted by atomic mass is 9.97. The highest BCUT2D eigenvalue weighted by Gasteiger charge is 2.20. The Hall–Kier alpha value is -2.46. The molecule has 0 amide bonds. The van der Waals surface area contributed by atoms with Crippen LogP contribution in [0.4, 0.5) is 0 Å². The van der Waals surface area contributed by atoms with Gasteiger partial charge in [-0.15, -0.1) is 10.2 Å². The molecule has 1 aliphatic heterocycles. The second kappa shape index (κ2) is 5.63. The zero-order valence-electron chi connectivity index (χ0n) is 13.5. The molecule has 1 aliphatic rings. The molecule has 1 aromatic heterocycles. The van der Waals surface area contributed by atoms with Crippen molar-refractivity contribution < 1.29 is 0 Å². The lowest BCUT2D eigenvalue weighted by Crippen LogP contribution is -2.23. The molecule has 0 atom stereocenters. The van der Waals surface area contributed by atoms with Gasteiger partial charge in [0.2, 0.25) is 0 Å². The SMILES string of the molecule is Cc1nnc(CN2Cc3ccccc3-c3ccccc3C2)n1C. The van der Waals surface area contributed by atoms with Crippen molar-refractivity contribution in [2.45, 2.75) is 26.6 Å². The van der Waals surface area contributed by atoms with E-state index in [0.717, 1.165) is 31.3 Å². The first-order chi connectivity index (χ1) is 11.2. The minimum Gasteiger partial charge on any atom is -0.317 e. The molecule has 23 heavy (non-hydrogen) atoms. The Balaban J connectivity index is 1.74. The molecule has 2 aromatic carbocycles. The van der Waals surface area contributed by atoms with Crippen LogP contribution in [0.2, 0.25) is 0 Å². The van der Waals surface area contributed by atoms with Crippen molar-refractivity contribution >= 4 is 0 Å². The minimum absolute atomic E-state index is 0.806. The molecular weight excluding hydrogens is 284 g/mol. The van der Waals surface area contributed by atoms with Crippen LogP contribution in [0.25, 0.3) is 11.1 Å². The van der Waals surface area contributed by atoms with Gasteiger partial charge >= 0.3 is 0 Å². The second-order valence-electron chi connectivity index (χ2n) is 6.18. The summed E-state index contributed by atoms with van der Waals surface area (Å²) in [6.45, 7) is 4.65. The van der Waals surface area contributed by atoms with E-state index < -0.39 is 0 Å². The summed E-state index contributed by atoms with van der Waals surface area (Å²) in [5.41, 5.74) is 5.44. The number of fused-ring (bicyclic) bond motifs is 3. The first kappa shape index (κ1) is 14.2. The van der Waals surface area contributed by atoms with Crippen molar-refractivity contribution in [1.82, 2.24) is 19.7 Å². The minimum atomic E-state index is 0.806. The Morgan fingerprint density at radius 3 is 1.96 bits per heavy atom. The van der Waals surface area contributed by atoms with E-state index in [2.05, 4.69) is 68.2 Å². The van der Waals surface area contributed by atoms with E-state index in [1.807, 2.05) is 14.0 Å². The highest BCUT2D eigenvalue weighted by molar-refractivity contribution is 5.71. The predicted molar refractivity (Wildman–Crippen MR) is 90.6 cm³/mol. The predicted octanol–water partition coefficient (Wildman–Crippen LogP) is 3.31. The first-order valence-corrected chi connectivity index (χ1v) is 7.96. The average Bonchev–Trinajstić information content (AvgIpc) is 2.80. The van der Waals surface area contributed by atoms with Crippen molar-refractivity contribution in [3.63, 3.8) is 0 Å². The normalized spacial score (nSPS) is 14.2. The lowest BCUT2D eigenvalue weighted by Gasteiger charge is -2.20. The van der Waals surface area contributed by atoms with Crippen molar-refractivity contribution in [2.24, 2.45) is 7.05 Å². The number of aryl methyl sites for hydroxylation is 1. The van der Waals surface area contributed by atoms with Gasteiger partial charge in [0, 0.05) is 20.1 Å². The van der Waals surface area contributed by atoms with Crippen LogP contribution in [0, 0.1) is 6.92 Å². The van der Waals surface area contributed by atoms with E-state index in [4.69, 9.17) is 0 Å². The Morgan fingerprint density at radius 2 is 1.43 bits per heavy atom. The van der Waals surface area contributed by atoms with Gasteiger partial charge in [0.15, 0.2) is 0 Å². The van der Waals surface area contributed by atoms with Crippen LogP contribution < -0.4 is 0 Å². The largest absolute Gasteiger partial charge is 0.317 e. The van der Waals surface area contributed by atoms with Crippen LogP contribution in [-0.4, -0.2) is 19.7 Å². The number of aromatic nitrogens is 3. The van der Waals surface area contributed by atoms with Gasteiger partial charge in [-0.25, -0.2) is 0 Å². The van der Waals surface area contributed by atoms with Crippen LogP contribution in [-0.2, 0) is 26.7 Å². The van der Waals surface area contributed by atoms with E-state index >= 15 is 0 Å². The molecule has 0 unspecified atom stereocenters. The summed E-state index contributed by atoms with van der Waals surface area (Å²) >= 11 is 0. The Kier molecular flexibility index (Phi) is 3.46. The third kappa shape index (κ3) is 2.55. The van der Waals surface area contributed by atoms with Crippen molar-refractivity contribution in [2.75, 3.05) is 0 Å². The van der Waals surface area contributed by atoms with Crippen LogP contribution in [0.15, 0.2) is 48.5 Å². The zero-order chi connectivity index (χ0) is 15.8. The standard InChI is InChI=1S/C19H20N4/c1-14-20-21-19(22(14)2)13-23-11-15-7-3-5-9-17(15)18-10-6-4-8-16(18)12-23/h3-10H,11-13H2,1-2H3. The van der Waals surface area contributed by atoms with Gasteiger partial charge in [-0.3, -0.25) is 4.90 Å². The van der Waals surface area contributed by atoms with Gasteiger partial charge in [-0.05, 0) is 29.2 Å². The molecule has 2 heterocycles. The van der Waals surface area contributed by atoms with Crippen LogP contribution >= 0.6 is 0 Å². The summed E-state index contributed by atoms with van der Waals surface area (Å²) in [5, 5.41) is 8.50. The molecule has 4 nitrogen and oxygen atoms in total. The molecule has 116 valence electrons. The number of hydrogen-bond donors (Lipinski definition) is 0. The van der Waals surface area contributed by atoms with E-state index in [-0.39, 0.29) is 0 Å². The van der Waals surface area contributed by atoms with E-state index in [0.29, 0.717) is 0 Å². The summed E-state index contributed by atoms with van der Waals surface area (Å²) in [7, 11) is 2.03. The fraction of sp³-hybridized carbons (Fsp3) is 0.263. The molecule has 0 fully saturated rings. The molecule has 0 N–H and O–H groups in total. The van der Waals surface area contributed by atoms with Gasteiger partial charge < -0.3 is 4.57 Å². The number of nitrogens with zero attached hydrogens (tertiary/aromatic N) is 4. The maximum absolute atomic E-state index is 4.32. The third-order valence-corrected chi connectivity index (χ3v) is 4.66. The number of hydrogen-bond acceptors (Lipinski definition) is 3. The summed E-state index contributed by atoms with van der Waals surface area (Å²) in [6, 6.07) is 17.4. The molecule has 0 saturated heterocycles. The second-order valence-corrected chi connectivity index (χ2v) is 6.18. The van der Waals surface area contributed by atoms with Crippen molar-refractivity contribution in [3.8, 4) is 11.1 Å². The van der Waals surface area contributed by atoms with E-state index in [1.54, 1.807) is 0 Å². The van der Waals surface area contributed by atoms with Crippen molar-refractivity contribution in [1.29, 1.82) is 0 Å².